The lowest BCUT2D eigenvalue weighted by molar-refractivity contribution is 0.372. The van der Waals surface area contributed by atoms with E-state index in [4.69, 9.17) is 11.6 Å². The summed E-state index contributed by atoms with van der Waals surface area (Å²) >= 11 is 6.12. The van der Waals surface area contributed by atoms with Crippen molar-refractivity contribution in [3.05, 3.63) is 64.7 Å². The quantitative estimate of drug-likeness (QED) is 0.314. The van der Waals surface area contributed by atoms with Crippen LogP contribution >= 0.6 is 35.6 Å². The van der Waals surface area contributed by atoms with E-state index >= 15 is 0 Å². The highest BCUT2D eigenvalue weighted by Gasteiger charge is 2.20. The maximum atomic E-state index is 11.8. The van der Waals surface area contributed by atoms with Crippen molar-refractivity contribution in [2.45, 2.75) is 12.3 Å². The predicted octanol–water partition coefficient (Wildman–Crippen LogP) is 2.90. The van der Waals surface area contributed by atoms with Crippen molar-refractivity contribution in [3.8, 4) is 0 Å². The molecule has 10 heteroatoms. The number of nitrogens with one attached hydrogen (secondary N) is 2. The van der Waals surface area contributed by atoms with Gasteiger partial charge < -0.3 is 15.1 Å². The third-order valence-electron chi connectivity index (χ3n) is 5.07. The number of guanidine groups is 1. The smallest absolute Gasteiger partial charge is 0.215 e. The van der Waals surface area contributed by atoms with Crippen LogP contribution in [-0.2, 0) is 22.3 Å². The summed E-state index contributed by atoms with van der Waals surface area (Å²) in [6.45, 7) is 4.06. The van der Waals surface area contributed by atoms with Gasteiger partial charge in [-0.3, -0.25) is 4.99 Å². The van der Waals surface area contributed by atoms with Crippen molar-refractivity contribution in [2.24, 2.45) is 4.99 Å². The molecule has 1 aliphatic rings. The second-order valence-electron chi connectivity index (χ2n) is 7.14. The maximum Gasteiger partial charge on any atom is 0.215 e. The van der Waals surface area contributed by atoms with E-state index in [9.17, 15) is 8.42 Å². The first-order valence-corrected chi connectivity index (χ1v) is 11.9. The van der Waals surface area contributed by atoms with Crippen LogP contribution in [0.1, 0.15) is 11.1 Å². The number of aliphatic imine (C=N–C) groups is 1. The topological polar surface area (TPSA) is 77.0 Å². The highest BCUT2D eigenvalue weighted by atomic mass is 127. The molecule has 0 atom stereocenters. The third-order valence-corrected chi connectivity index (χ3v) is 6.64. The largest absolute Gasteiger partial charge is 0.368 e. The molecule has 170 valence electrons. The Balaban J connectivity index is 0.00000341. The molecular formula is C21H29ClIN5O2S. The van der Waals surface area contributed by atoms with Gasteiger partial charge in [0.2, 0.25) is 10.0 Å². The lowest BCUT2D eigenvalue weighted by Gasteiger charge is -2.37. The molecule has 1 saturated heterocycles. The summed E-state index contributed by atoms with van der Waals surface area (Å²) in [5, 5.41) is 4.14. The number of hydrogen-bond acceptors (Lipinski definition) is 4. The monoisotopic (exact) mass is 577 g/mol. The Morgan fingerprint density at radius 3 is 2.39 bits per heavy atom. The van der Waals surface area contributed by atoms with Crippen molar-refractivity contribution < 1.29 is 8.42 Å². The van der Waals surface area contributed by atoms with Crippen LogP contribution in [0.3, 0.4) is 0 Å². The van der Waals surface area contributed by atoms with E-state index in [2.05, 4.69) is 30.9 Å². The van der Waals surface area contributed by atoms with Crippen LogP contribution in [0.4, 0.5) is 5.69 Å². The van der Waals surface area contributed by atoms with Gasteiger partial charge in [0.1, 0.15) is 0 Å². The van der Waals surface area contributed by atoms with Gasteiger partial charge in [-0.25, -0.2) is 13.1 Å². The van der Waals surface area contributed by atoms with Crippen molar-refractivity contribution in [1.29, 1.82) is 0 Å². The Morgan fingerprint density at radius 2 is 1.74 bits per heavy atom. The van der Waals surface area contributed by atoms with Crippen LogP contribution in [-0.4, -0.2) is 59.6 Å². The van der Waals surface area contributed by atoms with Crippen molar-refractivity contribution >= 4 is 57.2 Å². The molecule has 0 spiro atoms. The summed E-state index contributed by atoms with van der Waals surface area (Å²) < 4.78 is 25.9. The normalized spacial score (nSPS) is 14.9. The van der Waals surface area contributed by atoms with E-state index in [0.717, 1.165) is 54.0 Å². The molecule has 2 aromatic rings. The zero-order chi connectivity index (χ0) is 21.6. The lowest BCUT2D eigenvalue weighted by Crippen LogP contribution is -2.52. The average Bonchev–Trinajstić information content (AvgIpc) is 2.74. The molecule has 0 unspecified atom stereocenters. The van der Waals surface area contributed by atoms with E-state index in [1.807, 2.05) is 42.5 Å². The molecule has 31 heavy (non-hydrogen) atoms. The fourth-order valence-electron chi connectivity index (χ4n) is 3.48. The first-order valence-electron chi connectivity index (χ1n) is 9.85. The van der Waals surface area contributed by atoms with E-state index in [1.165, 1.54) is 7.05 Å². The van der Waals surface area contributed by atoms with Crippen molar-refractivity contribution in [1.82, 2.24) is 14.9 Å². The minimum absolute atomic E-state index is 0. The molecule has 0 aromatic heterocycles. The highest BCUT2D eigenvalue weighted by Crippen LogP contribution is 2.20. The molecule has 0 bridgehead atoms. The van der Waals surface area contributed by atoms with E-state index in [-0.39, 0.29) is 29.7 Å². The van der Waals surface area contributed by atoms with Gasteiger partial charge in [0.05, 0.1) is 5.75 Å². The van der Waals surface area contributed by atoms with E-state index in [0.29, 0.717) is 6.54 Å². The van der Waals surface area contributed by atoms with Gasteiger partial charge in [-0.05, 0) is 36.4 Å². The SMILES string of the molecule is CN=C(NCc1cccc(CS(=O)(=O)NC)c1)N1CCN(c2cccc(Cl)c2)CC1.I. The first-order chi connectivity index (χ1) is 14.4. The summed E-state index contributed by atoms with van der Waals surface area (Å²) in [6, 6.07) is 15.5. The molecule has 0 amide bonds. The zero-order valence-corrected chi connectivity index (χ0v) is 21.6. The van der Waals surface area contributed by atoms with Gasteiger partial charge in [-0.15, -0.1) is 24.0 Å². The second kappa shape index (κ2) is 11.9. The Labute approximate surface area is 206 Å². The number of sulfonamides is 1. The molecule has 1 heterocycles. The number of halogens is 2. The van der Waals surface area contributed by atoms with Crippen LogP contribution in [0.15, 0.2) is 53.5 Å². The lowest BCUT2D eigenvalue weighted by atomic mass is 10.1. The first kappa shape index (κ1) is 25.7. The van der Waals surface area contributed by atoms with Gasteiger partial charge in [0, 0.05) is 50.5 Å². The van der Waals surface area contributed by atoms with Crippen LogP contribution < -0.4 is 14.9 Å². The van der Waals surface area contributed by atoms with Gasteiger partial charge in [0.15, 0.2) is 5.96 Å². The number of hydrogen-bond donors (Lipinski definition) is 2. The van der Waals surface area contributed by atoms with Gasteiger partial charge in [-0.1, -0.05) is 41.9 Å². The number of anilines is 1. The summed E-state index contributed by atoms with van der Waals surface area (Å²) in [4.78, 5) is 8.97. The van der Waals surface area contributed by atoms with E-state index < -0.39 is 10.0 Å². The Hall–Kier alpha value is -1.56. The summed E-state index contributed by atoms with van der Waals surface area (Å²) in [5.74, 6) is 0.811. The van der Waals surface area contributed by atoms with Gasteiger partial charge in [0.25, 0.3) is 0 Å². The van der Waals surface area contributed by atoms with Crippen LogP contribution in [0.5, 0.6) is 0 Å². The van der Waals surface area contributed by atoms with Crippen LogP contribution in [0.25, 0.3) is 0 Å². The average molecular weight is 578 g/mol. The van der Waals surface area contributed by atoms with Gasteiger partial charge >= 0.3 is 0 Å². The standard InChI is InChI=1S/C21H28ClN5O2S.HI/c1-23-21(25-15-17-5-3-6-18(13-17)16-30(28,29)24-2)27-11-9-26(10-12-27)20-8-4-7-19(22)14-20;/h3-8,13-14,24H,9-12,15-16H2,1-2H3,(H,23,25);1H. The fraction of sp³-hybridized carbons (Fsp3) is 0.381. The summed E-state index contributed by atoms with van der Waals surface area (Å²) in [5.41, 5.74) is 2.91. The molecule has 0 aliphatic carbocycles. The number of piperazine rings is 1. The van der Waals surface area contributed by atoms with Gasteiger partial charge in [-0.2, -0.15) is 0 Å². The fourth-order valence-corrected chi connectivity index (χ4v) is 4.43. The summed E-state index contributed by atoms with van der Waals surface area (Å²) in [6.07, 6.45) is 0. The number of rotatable bonds is 6. The second-order valence-corrected chi connectivity index (χ2v) is 9.50. The predicted molar refractivity (Wildman–Crippen MR) is 139 cm³/mol. The number of benzene rings is 2. The highest BCUT2D eigenvalue weighted by molar-refractivity contribution is 14.0. The Morgan fingerprint density at radius 1 is 1.06 bits per heavy atom. The molecular weight excluding hydrogens is 549 g/mol. The van der Waals surface area contributed by atoms with Crippen molar-refractivity contribution in [2.75, 3.05) is 45.2 Å². The molecule has 2 aromatic carbocycles. The Kier molecular flexibility index (Phi) is 9.86. The maximum absolute atomic E-state index is 11.8. The minimum atomic E-state index is -3.29. The zero-order valence-electron chi connectivity index (χ0n) is 17.7. The van der Waals surface area contributed by atoms with Crippen LogP contribution in [0.2, 0.25) is 5.02 Å². The molecule has 7 nitrogen and oxygen atoms in total. The molecule has 3 rings (SSSR count). The molecule has 0 saturated carbocycles. The molecule has 0 radical (unpaired) electrons. The Bertz CT molecular complexity index is 995. The van der Waals surface area contributed by atoms with Crippen LogP contribution in [0, 0.1) is 0 Å². The molecule has 1 fully saturated rings. The number of nitrogens with zero attached hydrogens (tertiary/aromatic N) is 3. The minimum Gasteiger partial charge on any atom is -0.368 e. The van der Waals surface area contributed by atoms with E-state index in [1.54, 1.807) is 7.05 Å². The molecule has 2 N–H and O–H groups in total. The van der Waals surface area contributed by atoms with Crippen molar-refractivity contribution in [3.63, 3.8) is 0 Å². The summed E-state index contributed by atoms with van der Waals surface area (Å²) in [7, 11) is -0.0818. The third kappa shape index (κ3) is 7.51. The molecule has 1 aliphatic heterocycles.